The quantitative estimate of drug-likeness (QED) is 0.218. The van der Waals surface area contributed by atoms with Crippen molar-refractivity contribution in [2.45, 2.75) is 40.0 Å². The van der Waals surface area contributed by atoms with Crippen LogP contribution in [0.1, 0.15) is 48.4 Å². The molecule has 0 saturated carbocycles. The van der Waals surface area contributed by atoms with Crippen LogP contribution in [0, 0.1) is 25.2 Å². The van der Waals surface area contributed by atoms with E-state index in [2.05, 4.69) is 70.4 Å². The van der Waals surface area contributed by atoms with Gasteiger partial charge in [-0.1, -0.05) is 64.9 Å². The maximum atomic E-state index is 13.4. The summed E-state index contributed by atoms with van der Waals surface area (Å²) in [6, 6.07) is 22.0. The molecule has 39 heavy (non-hydrogen) atoms. The van der Waals surface area contributed by atoms with Crippen molar-refractivity contribution in [1.82, 2.24) is 0 Å². The van der Waals surface area contributed by atoms with E-state index >= 15 is 0 Å². The van der Waals surface area contributed by atoms with Crippen molar-refractivity contribution in [3.63, 3.8) is 0 Å². The molecule has 2 aliphatic rings. The van der Waals surface area contributed by atoms with Gasteiger partial charge in [0.1, 0.15) is 6.54 Å². The molecule has 0 amide bonds. The second-order valence-corrected chi connectivity index (χ2v) is 11.0. The van der Waals surface area contributed by atoms with E-state index in [1.807, 2.05) is 48.7 Å². The van der Waals surface area contributed by atoms with Crippen molar-refractivity contribution in [1.29, 1.82) is 5.26 Å². The summed E-state index contributed by atoms with van der Waals surface area (Å²) in [7, 11) is 0. The second-order valence-electron chi connectivity index (χ2n) is 10.1. The Hall–Kier alpha value is -3.95. The highest BCUT2D eigenvalue weighted by Crippen LogP contribution is 2.43. The summed E-state index contributed by atoms with van der Waals surface area (Å²) in [6.45, 7) is 7.65. The fraction of sp³-hybridized carbons (Fsp3) is 0.242. The third-order valence-electron chi connectivity index (χ3n) is 7.33. The number of aryl methyl sites for hydroxylation is 2. The van der Waals surface area contributed by atoms with Crippen LogP contribution in [0.4, 0.5) is 17.1 Å². The molecule has 0 saturated heterocycles. The third kappa shape index (κ3) is 4.95. The third-order valence-corrected chi connectivity index (χ3v) is 7.82. The van der Waals surface area contributed by atoms with Crippen LogP contribution in [0.15, 0.2) is 76.5 Å². The van der Waals surface area contributed by atoms with Gasteiger partial charge in [-0.25, -0.2) is 0 Å². The zero-order valence-electron chi connectivity index (χ0n) is 22.4. The van der Waals surface area contributed by atoms with E-state index in [1.165, 1.54) is 5.56 Å². The molecule has 0 bridgehead atoms. The summed E-state index contributed by atoms with van der Waals surface area (Å²) in [5.41, 5.74) is 8.00. The summed E-state index contributed by atoms with van der Waals surface area (Å²) in [5.74, 6) is -0.420. The molecule has 0 unspecified atom stereocenters. The molecule has 196 valence electrons. The molecule has 0 N–H and O–H groups in total. The van der Waals surface area contributed by atoms with Gasteiger partial charge in [-0.05, 0) is 55.3 Å². The van der Waals surface area contributed by atoms with E-state index < -0.39 is 0 Å². The van der Waals surface area contributed by atoms with E-state index in [4.69, 9.17) is 0 Å². The highest BCUT2D eigenvalue weighted by molar-refractivity contribution is 9.10. The first-order valence-corrected chi connectivity index (χ1v) is 14.1. The standard InChI is InChI=1S/C33H30BrN3O2/c1-4-5-16-36-20-27(26-19-24(34)10-14-29(26)36)31-32(38)30(33(31)39)23-8-11-25(12-9-23)37(17-6-15-35)28-13-7-21(2)18-22(28)3/h7-14,18-20H,4-6,16-17H2,1-3H3. The lowest BCUT2D eigenvalue weighted by Gasteiger charge is -2.32. The van der Waals surface area contributed by atoms with E-state index in [0.717, 1.165) is 52.0 Å². The number of benzene rings is 3. The van der Waals surface area contributed by atoms with Crippen molar-refractivity contribution < 1.29 is 14.5 Å². The molecule has 1 aliphatic heterocycles. The van der Waals surface area contributed by atoms with E-state index in [-0.39, 0.29) is 22.7 Å². The molecule has 5 nitrogen and oxygen atoms in total. The number of Topliss-reactive ketones (excluding diaryl/α,β-unsaturated/α-hetero) is 1. The molecule has 0 atom stereocenters. The number of carbonyl (C=O) groups excluding carboxylic acids is 1. The van der Waals surface area contributed by atoms with Gasteiger partial charge in [-0.2, -0.15) is 9.84 Å². The van der Waals surface area contributed by atoms with Crippen molar-refractivity contribution in [3.05, 3.63) is 98.7 Å². The first-order chi connectivity index (χ1) is 18.8. The summed E-state index contributed by atoms with van der Waals surface area (Å²) in [4.78, 5) is 15.5. The van der Waals surface area contributed by atoms with Gasteiger partial charge in [-0.3, -0.25) is 4.79 Å². The minimum Gasteiger partial charge on any atom is -0.871 e. The van der Waals surface area contributed by atoms with Gasteiger partial charge in [-0.15, -0.1) is 0 Å². The average molecular weight is 581 g/mol. The smallest absolute Gasteiger partial charge is 0.213 e. The Bertz CT molecular complexity index is 1610. The zero-order chi connectivity index (χ0) is 27.7. The fourth-order valence-electron chi connectivity index (χ4n) is 5.35. The maximum absolute atomic E-state index is 13.4. The first kappa shape index (κ1) is 26.6. The number of rotatable bonds is 8. The van der Waals surface area contributed by atoms with Crippen molar-refractivity contribution in [2.75, 3.05) is 18.0 Å². The van der Waals surface area contributed by atoms with Crippen molar-refractivity contribution in [3.8, 4) is 6.07 Å². The number of fused-ring (bicyclic) bond motifs is 1. The van der Waals surface area contributed by atoms with Gasteiger partial charge in [0.05, 0.1) is 23.6 Å². The van der Waals surface area contributed by atoms with Gasteiger partial charge in [0, 0.05) is 46.0 Å². The highest BCUT2D eigenvalue weighted by atomic mass is 79.9. The molecule has 3 aromatic rings. The molecular formula is C33H30BrN3O2. The number of anilines is 2. The Morgan fingerprint density at radius 1 is 1.03 bits per heavy atom. The molecule has 1 heterocycles. The lowest BCUT2D eigenvalue weighted by molar-refractivity contribution is -0.432. The van der Waals surface area contributed by atoms with Gasteiger partial charge < -0.3 is 10.0 Å². The van der Waals surface area contributed by atoms with E-state index in [9.17, 15) is 15.2 Å². The number of hydrogen-bond donors (Lipinski definition) is 0. The largest absolute Gasteiger partial charge is 0.871 e. The number of carbonyl (C=O) groups is 1. The molecule has 0 fully saturated rings. The topological polar surface area (TPSA) is 70.2 Å². The Morgan fingerprint density at radius 3 is 2.46 bits per heavy atom. The Labute approximate surface area is 238 Å². The van der Waals surface area contributed by atoms with Gasteiger partial charge in [0.15, 0.2) is 12.0 Å². The molecule has 0 radical (unpaired) electrons. The van der Waals surface area contributed by atoms with Crippen LogP contribution in [0.25, 0.3) is 11.1 Å². The molecular weight excluding hydrogens is 550 g/mol. The van der Waals surface area contributed by atoms with Crippen LogP contribution >= 0.6 is 15.9 Å². The SMILES string of the molecule is CCCC[N+]1=CC(=C2C(=O)C(c3ccc(N(CCC#N)c4ccc(C)cc4C)cc3)=C2[O-])c2cc(Br)ccc21. The Morgan fingerprint density at radius 2 is 1.79 bits per heavy atom. The number of unbranched alkanes of at least 4 members (excludes halogenated alkanes) is 1. The number of ketones is 1. The summed E-state index contributed by atoms with van der Waals surface area (Å²) in [5, 5.41) is 22.6. The molecule has 3 aromatic carbocycles. The Kier molecular flexibility index (Phi) is 7.54. The second kappa shape index (κ2) is 11.0. The summed E-state index contributed by atoms with van der Waals surface area (Å²) >= 11 is 3.54. The Balaban J connectivity index is 1.50. The van der Waals surface area contributed by atoms with E-state index in [0.29, 0.717) is 24.1 Å². The maximum Gasteiger partial charge on any atom is 0.213 e. The predicted molar refractivity (Wildman–Crippen MR) is 158 cm³/mol. The van der Waals surface area contributed by atoms with Gasteiger partial charge in [0.25, 0.3) is 0 Å². The highest BCUT2D eigenvalue weighted by Gasteiger charge is 2.36. The van der Waals surface area contributed by atoms with Crippen LogP contribution in [-0.4, -0.2) is 29.7 Å². The van der Waals surface area contributed by atoms with Crippen LogP contribution in [0.3, 0.4) is 0 Å². The van der Waals surface area contributed by atoms with Crippen molar-refractivity contribution >= 4 is 56.1 Å². The lowest BCUT2D eigenvalue weighted by Crippen LogP contribution is -2.30. The summed E-state index contributed by atoms with van der Waals surface area (Å²) in [6.07, 6.45) is 4.41. The normalized spacial score (nSPS) is 16.1. The first-order valence-electron chi connectivity index (χ1n) is 13.3. The van der Waals surface area contributed by atoms with Crippen LogP contribution in [0.5, 0.6) is 0 Å². The van der Waals surface area contributed by atoms with Crippen molar-refractivity contribution in [2.24, 2.45) is 0 Å². The van der Waals surface area contributed by atoms with Crippen LogP contribution < -0.4 is 10.0 Å². The predicted octanol–water partition coefficient (Wildman–Crippen LogP) is 6.75. The number of nitrogens with zero attached hydrogens (tertiary/aromatic N) is 3. The molecule has 0 aromatic heterocycles. The number of nitriles is 1. The number of hydrogen-bond acceptors (Lipinski definition) is 4. The molecule has 1 aliphatic carbocycles. The van der Waals surface area contributed by atoms with Crippen LogP contribution in [-0.2, 0) is 4.79 Å². The van der Waals surface area contributed by atoms with Crippen LogP contribution in [0.2, 0.25) is 0 Å². The average Bonchev–Trinajstić information content (AvgIpc) is 3.26. The number of halogens is 1. The summed E-state index contributed by atoms with van der Waals surface area (Å²) < 4.78 is 3.05. The van der Waals surface area contributed by atoms with E-state index in [1.54, 1.807) is 0 Å². The zero-order valence-corrected chi connectivity index (χ0v) is 24.0. The molecule has 6 heteroatoms. The monoisotopic (exact) mass is 579 g/mol. The molecule has 0 spiro atoms. The molecule has 5 rings (SSSR count). The minimum absolute atomic E-state index is 0.210. The minimum atomic E-state index is -0.210. The van der Waals surface area contributed by atoms with Gasteiger partial charge in [0.2, 0.25) is 5.69 Å². The lowest BCUT2D eigenvalue weighted by atomic mass is 9.80. The number of allylic oxidation sites excluding steroid dienone is 3. The van der Waals surface area contributed by atoms with Gasteiger partial charge >= 0.3 is 0 Å². The fourth-order valence-corrected chi connectivity index (χ4v) is 5.71.